The number of amides is 2. The SMILES string of the molecule is CNCC(=O)NN(C(=O)CCC#N)[C@@H](Cc1ccccc1)[C@H](O)CN(CC(C)C)S(=O)(=O)c1ccc2c(c1)OCO2. The molecule has 0 saturated carbocycles. The normalized spacial score (nSPS) is 14.0. The third kappa shape index (κ3) is 8.64. The van der Waals surface area contributed by atoms with Crippen LogP contribution in [0.2, 0.25) is 0 Å². The molecule has 0 unspecified atom stereocenters. The van der Waals surface area contributed by atoms with Crippen molar-refractivity contribution in [3.05, 3.63) is 54.1 Å². The Labute approximate surface area is 240 Å². The smallest absolute Gasteiger partial charge is 0.252 e. The van der Waals surface area contributed by atoms with E-state index in [1.807, 2.05) is 38.1 Å². The number of carbonyl (C=O) groups excluding carboxylic acids is 2. The average molecular weight is 588 g/mol. The first kappa shape index (κ1) is 31.8. The van der Waals surface area contributed by atoms with E-state index in [1.165, 1.54) is 22.5 Å². The van der Waals surface area contributed by atoms with Crippen LogP contribution in [0, 0.1) is 17.2 Å². The van der Waals surface area contributed by atoms with Crippen molar-refractivity contribution < 1.29 is 32.6 Å². The predicted molar refractivity (Wildman–Crippen MR) is 150 cm³/mol. The molecule has 0 spiro atoms. The summed E-state index contributed by atoms with van der Waals surface area (Å²) in [5, 5.41) is 24.4. The molecule has 1 aliphatic heterocycles. The van der Waals surface area contributed by atoms with Crippen LogP contribution in [0.4, 0.5) is 0 Å². The summed E-state index contributed by atoms with van der Waals surface area (Å²) in [5.41, 5.74) is 3.31. The van der Waals surface area contributed by atoms with E-state index >= 15 is 0 Å². The van der Waals surface area contributed by atoms with Crippen LogP contribution in [0.15, 0.2) is 53.4 Å². The van der Waals surface area contributed by atoms with Crippen LogP contribution >= 0.6 is 0 Å². The first-order valence-corrected chi connectivity index (χ1v) is 14.8. The van der Waals surface area contributed by atoms with Gasteiger partial charge in [0.2, 0.25) is 22.7 Å². The summed E-state index contributed by atoms with van der Waals surface area (Å²) >= 11 is 0. The number of hydrogen-bond acceptors (Lipinski definition) is 9. The number of aliphatic hydroxyl groups excluding tert-OH is 1. The Hall–Kier alpha value is -3.70. The summed E-state index contributed by atoms with van der Waals surface area (Å²) in [5.74, 6) is -0.465. The Morgan fingerprint density at radius 3 is 2.46 bits per heavy atom. The highest BCUT2D eigenvalue weighted by molar-refractivity contribution is 7.89. The number of hydrogen-bond donors (Lipinski definition) is 3. The van der Waals surface area contributed by atoms with Gasteiger partial charge in [-0.3, -0.25) is 15.0 Å². The molecule has 0 aromatic heterocycles. The summed E-state index contributed by atoms with van der Waals surface area (Å²) in [4.78, 5) is 25.8. The van der Waals surface area contributed by atoms with Gasteiger partial charge in [-0.1, -0.05) is 44.2 Å². The van der Waals surface area contributed by atoms with Gasteiger partial charge < -0.3 is 19.9 Å². The van der Waals surface area contributed by atoms with Crippen LogP contribution in [-0.4, -0.2) is 80.3 Å². The Morgan fingerprint density at radius 2 is 1.80 bits per heavy atom. The number of aliphatic hydroxyl groups is 1. The van der Waals surface area contributed by atoms with Crippen molar-refractivity contribution >= 4 is 21.8 Å². The van der Waals surface area contributed by atoms with Gasteiger partial charge in [0.15, 0.2) is 11.5 Å². The zero-order chi connectivity index (χ0) is 30.0. The van der Waals surface area contributed by atoms with Crippen molar-refractivity contribution in [1.82, 2.24) is 20.1 Å². The van der Waals surface area contributed by atoms with Gasteiger partial charge in [0, 0.05) is 32.0 Å². The Morgan fingerprint density at radius 1 is 1.10 bits per heavy atom. The summed E-state index contributed by atoms with van der Waals surface area (Å²) in [6.45, 7) is 3.31. The molecule has 0 aliphatic carbocycles. The number of sulfonamides is 1. The highest BCUT2D eigenvalue weighted by Gasteiger charge is 2.36. The van der Waals surface area contributed by atoms with Crippen LogP contribution in [0.25, 0.3) is 0 Å². The van der Waals surface area contributed by atoms with E-state index in [0.29, 0.717) is 11.5 Å². The van der Waals surface area contributed by atoms with E-state index in [4.69, 9.17) is 14.7 Å². The Balaban J connectivity index is 1.98. The van der Waals surface area contributed by atoms with Crippen LogP contribution in [0.5, 0.6) is 11.5 Å². The standard InChI is InChI=1S/C28H37N5O7S/c1-20(2)17-32(41(37,38)22-11-12-25-26(15-22)40-19-39-25)18-24(34)23(14-21-8-5-4-6-9-21)33(28(36)10-7-13-29)31-27(35)16-30-3/h4-6,8-9,11-12,15,20,23-24,30,34H,7,10,14,16-19H2,1-3H3,(H,31,35)/t23-,24+/m0/s1. The van der Waals surface area contributed by atoms with E-state index in [-0.39, 0.29) is 56.5 Å². The van der Waals surface area contributed by atoms with Gasteiger partial charge in [0.25, 0.3) is 5.91 Å². The molecule has 0 fully saturated rings. The van der Waals surface area contributed by atoms with Gasteiger partial charge in [-0.2, -0.15) is 9.57 Å². The van der Waals surface area contributed by atoms with Crippen molar-refractivity contribution in [2.45, 2.75) is 50.2 Å². The lowest BCUT2D eigenvalue weighted by Gasteiger charge is -2.37. The summed E-state index contributed by atoms with van der Waals surface area (Å²) in [7, 11) is -2.55. The Kier molecular flexibility index (Phi) is 11.5. The zero-order valence-electron chi connectivity index (χ0n) is 23.4. The second kappa shape index (κ2) is 14.8. The van der Waals surface area contributed by atoms with Crippen LogP contribution in [0.3, 0.4) is 0 Å². The number of carbonyl (C=O) groups is 2. The molecule has 0 saturated heterocycles. The molecule has 1 heterocycles. The number of fused-ring (bicyclic) bond motifs is 1. The number of nitriles is 1. The fourth-order valence-electron chi connectivity index (χ4n) is 4.40. The quantitative estimate of drug-likeness (QED) is 0.278. The molecule has 2 aromatic carbocycles. The molecule has 0 bridgehead atoms. The molecule has 1 aliphatic rings. The van der Waals surface area contributed by atoms with Gasteiger partial charge in [-0.15, -0.1) is 0 Å². The molecule has 3 N–H and O–H groups in total. The topological polar surface area (TPSA) is 161 Å². The van der Waals surface area contributed by atoms with E-state index in [1.54, 1.807) is 19.2 Å². The van der Waals surface area contributed by atoms with Gasteiger partial charge in [0.1, 0.15) is 0 Å². The Bertz CT molecular complexity index is 1330. The maximum absolute atomic E-state index is 13.8. The summed E-state index contributed by atoms with van der Waals surface area (Å²) < 4.78 is 39.5. The predicted octanol–water partition coefficient (Wildman–Crippen LogP) is 1.42. The lowest BCUT2D eigenvalue weighted by Crippen LogP contribution is -2.60. The van der Waals surface area contributed by atoms with Crippen molar-refractivity contribution in [2.75, 3.05) is 33.5 Å². The summed E-state index contributed by atoms with van der Waals surface area (Å²) in [6.07, 6.45) is -1.60. The maximum atomic E-state index is 13.8. The molecule has 12 nitrogen and oxygen atoms in total. The number of rotatable bonds is 14. The van der Waals surface area contributed by atoms with E-state index in [9.17, 15) is 23.1 Å². The minimum Gasteiger partial charge on any atom is -0.454 e. The molecular weight excluding hydrogens is 550 g/mol. The van der Waals surface area contributed by atoms with Crippen LogP contribution in [0.1, 0.15) is 32.3 Å². The number of benzene rings is 2. The van der Waals surface area contributed by atoms with Crippen molar-refractivity contribution in [2.24, 2.45) is 5.92 Å². The number of nitrogens with one attached hydrogen (secondary N) is 2. The molecular formula is C28H37N5O7S. The third-order valence-electron chi connectivity index (χ3n) is 6.31. The lowest BCUT2D eigenvalue weighted by molar-refractivity contribution is -0.147. The molecule has 3 rings (SSSR count). The van der Waals surface area contributed by atoms with Crippen LogP contribution < -0.4 is 20.2 Å². The molecule has 13 heteroatoms. The number of ether oxygens (including phenoxy) is 2. The molecule has 0 radical (unpaired) electrons. The van der Waals surface area contributed by atoms with Gasteiger partial charge >= 0.3 is 0 Å². The fourth-order valence-corrected chi connectivity index (χ4v) is 6.04. The number of likely N-dealkylation sites (N-methyl/N-ethyl adjacent to an activating group) is 1. The average Bonchev–Trinajstić information content (AvgIpc) is 3.42. The zero-order valence-corrected chi connectivity index (χ0v) is 24.3. The van der Waals surface area contributed by atoms with Gasteiger partial charge in [-0.25, -0.2) is 13.4 Å². The largest absolute Gasteiger partial charge is 0.454 e. The number of nitrogens with zero attached hydrogens (tertiary/aromatic N) is 3. The lowest BCUT2D eigenvalue weighted by atomic mass is 9.99. The highest BCUT2D eigenvalue weighted by atomic mass is 32.2. The second-order valence-corrected chi connectivity index (χ2v) is 12.0. The van der Waals surface area contributed by atoms with Crippen molar-refractivity contribution in [3.63, 3.8) is 0 Å². The van der Waals surface area contributed by atoms with Crippen molar-refractivity contribution in [1.29, 1.82) is 5.26 Å². The third-order valence-corrected chi connectivity index (χ3v) is 8.13. The monoisotopic (exact) mass is 587 g/mol. The molecule has 2 aromatic rings. The fraction of sp³-hybridized carbons (Fsp3) is 0.464. The van der Waals surface area contributed by atoms with Crippen molar-refractivity contribution in [3.8, 4) is 17.6 Å². The van der Waals surface area contributed by atoms with Crippen LogP contribution in [-0.2, 0) is 26.0 Å². The number of hydrazine groups is 1. The van der Waals surface area contributed by atoms with E-state index in [2.05, 4.69) is 10.7 Å². The van der Waals surface area contributed by atoms with E-state index < -0.39 is 34.0 Å². The molecule has 2 amide bonds. The maximum Gasteiger partial charge on any atom is 0.252 e. The summed E-state index contributed by atoms with van der Waals surface area (Å²) in [6, 6.07) is 14.2. The molecule has 222 valence electrons. The van der Waals surface area contributed by atoms with E-state index in [0.717, 1.165) is 10.6 Å². The van der Waals surface area contributed by atoms with Gasteiger partial charge in [-0.05, 0) is 37.1 Å². The minimum atomic E-state index is -4.12. The first-order chi connectivity index (χ1) is 19.6. The second-order valence-electron chi connectivity index (χ2n) is 10.0. The molecule has 41 heavy (non-hydrogen) atoms. The molecule has 2 atom stereocenters. The first-order valence-electron chi connectivity index (χ1n) is 13.3. The highest BCUT2D eigenvalue weighted by Crippen LogP contribution is 2.35. The minimum absolute atomic E-state index is 0.0106. The van der Waals surface area contributed by atoms with Gasteiger partial charge in [0.05, 0.1) is 29.7 Å².